The molecule has 0 bridgehead atoms. The van der Waals surface area contributed by atoms with E-state index in [2.05, 4.69) is 59.0 Å². The maximum atomic E-state index is 3.44. The van der Waals surface area contributed by atoms with Crippen LogP contribution >= 0.6 is 26.0 Å². The smallest absolute Gasteiger partial charge is 0.0283 e. The Morgan fingerprint density at radius 1 is 1.08 bits per heavy atom. The minimum Gasteiger partial charge on any atom is -0.223 e. The number of hydrogen-bond acceptors (Lipinski definition) is 0. The lowest BCUT2D eigenvalue weighted by molar-refractivity contribution is 1.35. The fourth-order valence-electron chi connectivity index (χ4n) is 0.987. The molecule has 0 fully saturated rings. The molecule has 0 atom stereocenters. The van der Waals surface area contributed by atoms with Crippen molar-refractivity contribution in [2.45, 2.75) is 10.2 Å². The SMILES string of the molecule is CS(C)(C)c1ccc(CBr)cc1. The molecule has 0 N–H and O–H groups in total. The molecule has 0 saturated carbocycles. The van der Waals surface area contributed by atoms with Gasteiger partial charge in [0.05, 0.1) is 0 Å². The van der Waals surface area contributed by atoms with Crippen molar-refractivity contribution in [3.63, 3.8) is 0 Å². The Labute approximate surface area is 84.8 Å². The maximum absolute atomic E-state index is 3.44. The summed E-state index contributed by atoms with van der Waals surface area (Å²) in [6, 6.07) is 8.88. The molecule has 0 radical (unpaired) electrons. The Morgan fingerprint density at radius 2 is 1.58 bits per heavy atom. The molecule has 0 aliphatic heterocycles. The van der Waals surface area contributed by atoms with Crippen molar-refractivity contribution in [2.24, 2.45) is 0 Å². The Balaban J connectivity index is 2.93. The molecule has 1 aromatic carbocycles. The van der Waals surface area contributed by atoms with Gasteiger partial charge in [0.15, 0.2) is 0 Å². The number of benzene rings is 1. The Morgan fingerprint density at radius 3 is 1.92 bits per heavy atom. The van der Waals surface area contributed by atoms with Crippen molar-refractivity contribution in [3.05, 3.63) is 29.8 Å². The number of alkyl halides is 1. The minimum absolute atomic E-state index is 0.543. The van der Waals surface area contributed by atoms with Crippen LogP contribution in [0.4, 0.5) is 0 Å². The van der Waals surface area contributed by atoms with Gasteiger partial charge < -0.3 is 0 Å². The Kier molecular flexibility index (Phi) is 3.24. The van der Waals surface area contributed by atoms with Crippen LogP contribution in [0.3, 0.4) is 0 Å². The monoisotopic (exact) mass is 246 g/mol. The van der Waals surface area contributed by atoms with Crippen LogP contribution in [0.1, 0.15) is 5.56 Å². The summed E-state index contributed by atoms with van der Waals surface area (Å²) in [6.45, 7) is 0. The van der Waals surface area contributed by atoms with E-state index in [4.69, 9.17) is 0 Å². The van der Waals surface area contributed by atoms with Crippen LogP contribution in [-0.4, -0.2) is 18.8 Å². The van der Waals surface area contributed by atoms with Gasteiger partial charge >= 0.3 is 0 Å². The minimum atomic E-state index is -0.543. The highest BCUT2D eigenvalue weighted by molar-refractivity contribution is 9.08. The third-order valence-electron chi connectivity index (χ3n) is 1.78. The third kappa shape index (κ3) is 2.53. The van der Waals surface area contributed by atoms with Gasteiger partial charge in [-0.05, 0) is 41.4 Å². The van der Waals surface area contributed by atoms with Crippen molar-refractivity contribution < 1.29 is 0 Å². The van der Waals surface area contributed by atoms with E-state index in [1.807, 2.05) is 0 Å². The molecule has 0 aliphatic rings. The van der Waals surface area contributed by atoms with E-state index in [9.17, 15) is 0 Å². The second-order valence-corrected chi connectivity index (χ2v) is 8.32. The number of rotatable bonds is 2. The fourth-order valence-corrected chi connectivity index (χ4v) is 2.31. The first-order valence-corrected chi connectivity index (χ1v) is 7.85. The Bertz CT molecular complexity index is 246. The molecule has 12 heavy (non-hydrogen) atoms. The molecule has 2 heteroatoms. The van der Waals surface area contributed by atoms with Crippen LogP contribution in [0.5, 0.6) is 0 Å². The van der Waals surface area contributed by atoms with Crippen LogP contribution in [0.25, 0.3) is 0 Å². The standard InChI is InChI=1S/C10H15BrS/c1-12(2,3)10-6-4-9(8-11)5-7-10/h4-7H,8H2,1-3H3. The summed E-state index contributed by atoms with van der Waals surface area (Å²) in [7, 11) is -0.543. The molecule has 0 heterocycles. The average molecular weight is 247 g/mol. The molecule has 0 aliphatic carbocycles. The zero-order chi connectivity index (χ0) is 9.19. The van der Waals surface area contributed by atoms with E-state index in [-0.39, 0.29) is 0 Å². The van der Waals surface area contributed by atoms with E-state index >= 15 is 0 Å². The van der Waals surface area contributed by atoms with Crippen molar-refractivity contribution in [1.82, 2.24) is 0 Å². The second kappa shape index (κ2) is 3.84. The van der Waals surface area contributed by atoms with Crippen LogP contribution in [0, 0.1) is 0 Å². The average Bonchev–Trinajstić information content (AvgIpc) is 2.03. The summed E-state index contributed by atoms with van der Waals surface area (Å²) in [5.41, 5.74) is 1.35. The molecule has 68 valence electrons. The lowest BCUT2D eigenvalue weighted by Gasteiger charge is -2.25. The molecule has 0 saturated heterocycles. The first-order chi connectivity index (χ1) is 5.54. The predicted octanol–water partition coefficient (Wildman–Crippen LogP) is 3.63. The highest BCUT2D eigenvalue weighted by Crippen LogP contribution is 2.44. The van der Waals surface area contributed by atoms with E-state index in [0.717, 1.165) is 5.33 Å². The molecule has 0 amide bonds. The molecule has 0 nitrogen and oxygen atoms in total. The van der Waals surface area contributed by atoms with Crippen LogP contribution in [-0.2, 0) is 5.33 Å². The van der Waals surface area contributed by atoms with Gasteiger partial charge in [-0.3, -0.25) is 0 Å². The molecular formula is C10H15BrS. The zero-order valence-corrected chi connectivity index (χ0v) is 10.2. The lowest BCUT2D eigenvalue weighted by atomic mass is 10.2. The van der Waals surface area contributed by atoms with E-state index in [1.165, 1.54) is 10.5 Å². The zero-order valence-electron chi connectivity index (χ0n) is 7.80. The largest absolute Gasteiger partial charge is 0.223 e. The van der Waals surface area contributed by atoms with E-state index in [0.29, 0.717) is 0 Å². The summed E-state index contributed by atoms with van der Waals surface area (Å²) in [5.74, 6) is 0. The maximum Gasteiger partial charge on any atom is 0.0283 e. The summed E-state index contributed by atoms with van der Waals surface area (Å²) in [5, 5.41) is 0.951. The molecule has 0 unspecified atom stereocenters. The quantitative estimate of drug-likeness (QED) is 0.700. The molecule has 1 aromatic rings. The highest BCUT2D eigenvalue weighted by atomic mass is 79.9. The number of halogens is 1. The van der Waals surface area contributed by atoms with E-state index in [1.54, 1.807) is 0 Å². The van der Waals surface area contributed by atoms with Crippen molar-refractivity contribution >= 4 is 26.0 Å². The fraction of sp³-hybridized carbons (Fsp3) is 0.400. The van der Waals surface area contributed by atoms with Crippen LogP contribution in [0.2, 0.25) is 0 Å². The van der Waals surface area contributed by atoms with Gasteiger partial charge in [-0.1, -0.05) is 28.1 Å². The number of hydrogen-bond donors (Lipinski definition) is 0. The van der Waals surface area contributed by atoms with Gasteiger partial charge in [-0.25, -0.2) is 10.0 Å². The summed E-state index contributed by atoms with van der Waals surface area (Å²) < 4.78 is 0. The first-order valence-electron chi connectivity index (χ1n) is 3.87. The predicted molar refractivity (Wildman–Crippen MR) is 62.7 cm³/mol. The lowest BCUT2D eigenvalue weighted by Crippen LogP contribution is -1.92. The first kappa shape index (κ1) is 10.1. The topological polar surface area (TPSA) is 0 Å². The summed E-state index contributed by atoms with van der Waals surface area (Å²) in [6.07, 6.45) is 6.95. The van der Waals surface area contributed by atoms with Gasteiger partial charge in [0.25, 0.3) is 0 Å². The molecule has 0 aromatic heterocycles. The van der Waals surface area contributed by atoms with Gasteiger partial charge in [0.2, 0.25) is 0 Å². The van der Waals surface area contributed by atoms with Gasteiger partial charge in [-0.15, -0.1) is 0 Å². The van der Waals surface area contributed by atoms with Gasteiger partial charge in [-0.2, -0.15) is 0 Å². The normalized spacial score (nSPS) is 13.0. The van der Waals surface area contributed by atoms with Crippen molar-refractivity contribution in [3.8, 4) is 0 Å². The van der Waals surface area contributed by atoms with Crippen LogP contribution in [0.15, 0.2) is 29.2 Å². The van der Waals surface area contributed by atoms with Gasteiger partial charge in [0.1, 0.15) is 0 Å². The molecule has 1 rings (SSSR count). The van der Waals surface area contributed by atoms with Crippen molar-refractivity contribution in [1.29, 1.82) is 0 Å². The van der Waals surface area contributed by atoms with Crippen LogP contribution < -0.4 is 0 Å². The Hall–Kier alpha value is 0.0500. The molecule has 0 spiro atoms. The highest BCUT2D eigenvalue weighted by Gasteiger charge is 2.06. The van der Waals surface area contributed by atoms with E-state index < -0.39 is 10.0 Å². The third-order valence-corrected chi connectivity index (χ3v) is 4.12. The summed E-state index contributed by atoms with van der Waals surface area (Å²) in [4.78, 5) is 1.48. The second-order valence-electron chi connectivity index (χ2n) is 3.61. The molecular weight excluding hydrogens is 232 g/mol. The van der Waals surface area contributed by atoms with Crippen molar-refractivity contribution in [2.75, 3.05) is 18.8 Å². The van der Waals surface area contributed by atoms with Gasteiger partial charge in [0, 0.05) is 5.33 Å². The summed E-state index contributed by atoms with van der Waals surface area (Å²) >= 11 is 3.44.